The predicted molar refractivity (Wildman–Crippen MR) is 89.0 cm³/mol. The number of nitrogens with two attached hydrogens (primary N) is 1. The number of hydrogen-bond acceptors (Lipinski definition) is 5. The summed E-state index contributed by atoms with van der Waals surface area (Å²) >= 11 is 1.62. The first-order chi connectivity index (χ1) is 10.6. The molecular weight excluding hydrogens is 298 g/mol. The van der Waals surface area contributed by atoms with E-state index in [0.29, 0.717) is 0 Å². The highest BCUT2D eigenvalue weighted by molar-refractivity contribution is 7.15. The van der Waals surface area contributed by atoms with Crippen LogP contribution in [0.2, 0.25) is 0 Å². The Balaban J connectivity index is 2.04. The van der Waals surface area contributed by atoms with Gasteiger partial charge in [0.05, 0.1) is 25.6 Å². The van der Waals surface area contributed by atoms with Gasteiger partial charge in [-0.15, -0.1) is 11.3 Å². The first-order valence-corrected chi connectivity index (χ1v) is 7.93. The summed E-state index contributed by atoms with van der Waals surface area (Å²) in [4.78, 5) is 5.59. The Labute approximate surface area is 133 Å². The van der Waals surface area contributed by atoms with Crippen LogP contribution in [0.5, 0.6) is 11.5 Å². The number of aromatic nitrogens is 2. The second-order valence-corrected chi connectivity index (χ2v) is 6.09. The van der Waals surface area contributed by atoms with E-state index in [-0.39, 0.29) is 6.04 Å². The fourth-order valence-corrected chi connectivity index (χ4v) is 3.36. The Morgan fingerprint density at radius 3 is 2.73 bits per heavy atom. The van der Waals surface area contributed by atoms with Gasteiger partial charge in [-0.2, -0.15) is 0 Å². The quantitative estimate of drug-likeness (QED) is 0.786. The summed E-state index contributed by atoms with van der Waals surface area (Å²) in [6, 6.07) is 6.02. The molecule has 0 amide bonds. The van der Waals surface area contributed by atoms with Gasteiger partial charge >= 0.3 is 0 Å². The molecular formula is C16H19N3O2S. The second kappa shape index (κ2) is 5.98. The average molecular weight is 317 g/mol. The van der Waals surface area contributed by atoms with E-state index in [1.54, 1.807) is 25.6 Å². The van der Waals surface area contributed by atoms with E-state index in [1.165, 1.54) is 0 Å². The SMILES string of the molecule is COc1ccc(-c2csc3nc(CC(C)N)cn23)cc1OC. The van der Waals surface area contributed by atoms with Crippen LogP contribution >= 0.6 is 11.3 Å². The van der Waals surface area contributed by atoms with Gasteiger partial charge in [0.15, 0.2) is 16.5 Å². The third-order valence-electron chi connectivity index (χ3n) is 3.47. The molecule has 6 heteroatoms. The van der Waals surface area contributed by atoms with Gasteiger partial charge in [0.25, 0.3) is 0 Å². The maximum Gasteiger partial charge on any atom is 0.194 e. The summed E-state index contributed by atoms with van der Waals surface area (Å²) in [5.74, 6) is 1.44. The third-order valence-corrected chi connectivity index (χ3v) is 4.31. The van der Waals surface area contributed by atoms with E-state index in [9.17, 15) is 0 Å². The van der Waals surface area contributed by atoms with Crippen molar-refractivity contribution in [2.75, 3.05) is 14.2 Å². The zero-order valence-electron chi connectivity index (χ0n) is 12.9. The molecule has 0 spiro atoms. The molecule has 2 heterocycles. The molecule has 0 radical (unpaired) electrons. The molecule has 116 valence electrons. The number of imidazole rings is 1. The molecule has 1 unspecified atom stereocenters. The van der Waals surface area contributed by atoms with Crippen molar-refractivity contribution >= 4 is 16.3 Å². The molecule has 5 nitrogen and oxygen atoms in total. The highest BCUT2D eigenvalue weighted by Crippen LogP contribution is 2.34. The maximum absolute atomic E-state index is 5.86. The maximum atomic E-state index is 5.86. The smallest absolute Gasteiger partial charge is 0.194 e. The van der Waals surface area contributed by atoms with Gasteiger partial charge in [0, 0.05) is 29.6 Å². The minimum absolute atomic E-state index is 0.106. The topological polar surface area (TPSA) is 61.8 Å². The van der Waals surface area contributed by atoms with Crippen LogP contribution in [-0.4, -0.2) is 29.6 Å². The molecule has 0 aliphatic carbocycles. The third kappa shape index (κ3) is 2.67. The molecule has 0 saturated heterocycles. The average Bonchev–Trinajstić information content (AvgIpc) is 3.05. The van der Waals surface area contributed by atoms with Gasteiger partial charge in [-0.1, -0.05) is 0 Å². The zero-order chi connectivity index (χ0) is 15.7. The van der Waals surface area contributed by atoms with E-state index >= 15 is 0 Å². The van der Waals surface area contributed by atoms with Crippen LogP contribution in [0.1, 0.15) is 12.6 Å². The van der Waals surface area contributed by atoms with Gasteiger partial charge in [0.2, 0.25) is 0 Å². The molecule has 0 bridgehead atoms. The molecule has 3 rings (SSSR count). The van der Waals surface area contributed by atoms with Crippen molar-refractivity contribution in [2.45, 2.75) is 19.4 Å². The summed E-state index contributed by atoms with van der Waals surface area (Å²) < 4.78 is 12.8. The molecule has 2 N–H and O–H groups in total. The van der Waals surface area contributed by atoms with Gasteiger partial charge in [0.1, 0.15) is 0 Å². The zero-order valence-corrected chi connectivity index (χ0v) is 13.7. The number of rotatable bonds is 5. The van der Waals surface area contributed by atoms with E-state index in [2.05, 4.69) is 21.0 Å². The van der Waals surface area contributed by atoms with Crippen LogP contribution in [0, 0.1) is 0 Å². The molecule has 1 atom stereocenters. The Morgan fingerprint density at radius 2 is 2.05 bits per heavy atom. The van der Waals surface area contributed by atoms with Gasteiger partial charge in [-0.05, 0) is 25.1 Å². The Kier molecular flexibility index (Phi) is 4.04. The standard InChI is InChI=1S/C16H19N3O2S/c1-10(17)6-12-8-19-13(9-22-16(19)18-12)11-4-5-14(20-2)15(7-11)21-3/h4-5,7-10H,6,17H2,1-3H3. The molecule has 0 aliphatic rings. The fraction of sp³-hybridized carbons (Fsp3) is 0.312. The van der Waals surface area contributed by atoms with Crippen LogP contribution in [-0.2, 0) is 6.42 Å². The Morgan fingerprint density at radius 1 is 1.27 bits per heavy atom. The normalized spacial score (nSPS) is 12.5. The van der Waals surface area contributed by atoms with Crippen molar-refractivity contribution in [3.8, 4) is 22.8 Å². The number of benzene rings is 1. The molecule has 0 aliphatic heterocycles. The number of thiazole rings is 1. The number of nitrogens with zero attached hydrogens (tertiary/aromatic N) is 2. The number of methoxy groups -OCH3 is 2. The number of ether oxygens (including phenoxy) is 2. The van der Waals surface area contributed by atoms with Crippen molar-refractivity contribution in [1.82, 2.24) is 9.38 Å². The monoisotopic (exact) mass is 317 g/mol. The van der Waals surface area contributed by atoms with Crippen molar-refractivity contribution < 1.29 is 9.47 Å². The van der Waals surface area contributed by atoms with Gasteiger partial charge < -0.3 is 15.2 Å². The lowest BCUT2D eigenvalue weighted by Gasteiger charge is -2.09. The van der Waals surface area contributed by atoms with E-state index in [4.69, 9.17) is 15.2 Å². The van der Waals surface area contributed by atoms with E-state index in [1.807, 2.05) is 25.1 Å². The molecule has 22 heavy (non-hydrogen) atoms. The van der Waals surface area contributed by atoms with E-state index in [0.717, 1.165) is 39.8 Å². The minimum Gasteiger partial charge on any atom is -0.493 e. The minimum atomic E-state index is 0.106. The summed E-state index contributed by atoms with van der Waals surface area (Å²) in [6.07, 6.45) is 2.83. The van der Waals surface area contributed by atoms with Crippen LogP contribution < -0.4 is 15.2 Å². The predicted octanol–water partition coefficient (Wildman–Crippen LogP) is 2.97. The first kappa shape index (κ1) is 14.9. The Hall–Kier alpha value is -2.05. The second-order valence-electron chi connectivity index (χ2n) is 5.26. The fourth-order valence-electron chi connectivity index (χ4n) is 2.46. The highest BCUT2D eigenvalue weighted by Gasteiger charge is 2.13. The summed E-state index contributed by atoms with van der Waals surface area (Å²) in [7, 11) is 3.28. The van der Waals surface area contributed by atoms with Gasteiger partial charge in [-0.3, -0.25) is 4.40 Å². The summed E-state index contributed by atoms with van der Waals surface area (Å²) in [5.41, 5.74) is 9.03. The van der Waals surface area contributed by atoms with Crippen LogP contribution in [0.15, 0.2) is 29.8 Å². The largest absolute Gasteiger partial charge is 0.493 e. The molecule has 0 saturated carbocycles. The summed E-state index contributed by atoms with van der Waals surface area (Å²) in [6.45, 7) is 1.99. The number of hydrogen-bond donors (Lipinski definition) is 1. The number of fused-ring (bicyclic) bond motifs is 1. The lowest BCUT2D eigenvalue weighted by Crippen LogP contribution is -2.17. The molecule has 0 fully saturated rings. The lowest BCUT2D eigenvalue weighted by molar-refractivity contribution is 0.355. The van der Waals surface area contributed by atoms with Crippen LogP contribution in [0.25, 0.3) is 16.2 Å². The van der Waals surface area contributed by atoms with Crippen molar-refractivity contribution in [3.05, 3.63) is 35.5 Å². The first-order valence-electron chi connectivity index (χ1n) is 7.06. The van der Waals surface area contributed by atoms with E-state index < -0.39 is 0 Å². The van der Waals surface area contributed by atoms with Crippen LogP contribution in [0.3, 0.4) is 0 Å². The van der Waals surface area contributed by atoms with Crippen molar-refractivity contribution in [2.24, 2.45) is 5.73 Å². The lowest BCUT2D eigenvalue weighted by atomic mass is 10.1. The Bertz CT molecular complexity index is 792. The molecule has 2 aromatic heterocycles. The molecule has 1 aromatic carbocycles. The van der Waals surface area contributed by atoms with Gasteiger partial charge in [-0.25, -0.2) is 4.98 Å². The highest BCUT2D eigenvalue weighted by atomic mass is 32.1. The summed E-state index contributed by atoms with van der Waals surface area (Å²) in [5, 5.41) is 2.10. The van der Waals surface area contributed by atoms with Crippen molar-refractivity contribution in [3.63, 3.8) is 0 Å². The molecule has 3 aromatic rings. The van der Waals surface area contributed by atoms with Crippen molar-refractivity contribution in [1.29, 1.82) is 0 Å². The van der Waals surface area contributed by atoms with Crippen LogP contribution in [0.4, 0.5) is 0 Å².